The van der Waals surface area contributed by atoms with Gasteiger partial charge in [-0.3, -0.25) is 4.79 Å². The van der Waals surface area contributed by atoms with Crippen molar-refractivity contribution in [2.75, 3.05) is 0 Å². The second-order valence-electron chi connectivity index (χ2n) is 5.08. The van der Waals surface area contributed by atoms with Gasteiger partial charge in [-0.05, 0) is 31.1 Å². The van der Waals surface area contributed by atoms with Gasteiger partial charge in [0.2, 0.25) is 0 Å². The van der Waals surface area contributed by atoms with Crippen LogP contribution in [-0.4, -0.2) is 24.0 Å². The lowest BCUT2D eigenvalue weighted by atomic mass is 10.0. The topological polar surface area (TPSA) is 57.5 Å². The lowest BCUT2D eigenvalue weighted by Gasteiger charge is -2.19. The number of hydrogen-bond donors (Lipinski definition) is 2. The van der Waals surface area contributed by atoms with Crippen LogP contribution in [0, 0.1) is 0 Å². The van der Waals surface area contributed by atoms with E-state index in [1.807, 2.05) is 13.1 Å². The van der Waals surface area contributed by atoms with Crippen LogP contribution >= 0.6 is 0 Å². The average Bonchev–Trinajstić information content (AvgIpc) is 2.42. The summed E-state index contributed by atoms with van der Waals surface area (Å²) in [6.07, 6.45) is 0.421. The van der Waals surface area contributed by atoms with E-state index in [-0.39, 0.29) is 17.5 Å². The molecule has 1 unspecified atom stereocenters. The first-order valence-electron chi connectivity index (χ1n) is 5.46. The van der Waals surface area contributed by atoms with Crippen molar-refractivity contribution in [2.45, 2.75) is 31.5 Å². The number of ketones is 1. The number of phenolic OH excluding ortho intramolecular Hbond substituents is 1. The summed E-state index contributed by atoms with van der Waals surface area (Å²) >= 11 is 0. The summed E-state index contributed by atoms with van der Waals surface area (Å²) in [7, 11) is -2.21. The average molecular weight is 236 g/mol. The number of phenols is 1. The molecular formula is C12H16O3Si. The van der Waals surface area contributed by atoms with Gasteiger partial charge >= 0.3 is 0 Å². The fourth-order valence-electron chi connectivity index (χ4n) is 2.44. The first-order chi connectivity index (χ1) is 7.38. The summed E-state index contributed by atoms with van der Waals surface area (Å²) in [4.78, 5) is 21.7. The molecule has 2 rings (SSSR count). The largest absolute Gasteiger partial charge is 0.508 e. The monoisotopic (exact) mass is 236 g/mol. The van der Waals surface area contributed by atoms with Crippen LogP contribution in [0.5, 0.6) is 5.75 Å². The minimum absolute atomic E-state index is 0.00429. The fraction of sp³-hybridized carbons (Fsp3) is 0.417. The van der Waals surface area contributed by atoms with E-state index in [0.29, 0.717) is 18.0 Å². The van der Waals surface area contributed by atoms with E-state index in [0.717, 1.165) is 5.56 Å². The first kappa shape index (κ1) is 11.4. The van der Waals surface area contributed by atoms with Crippen LogP contribution in [-0.2, 0) is 0 Å². The molecule has 0 heterocycles. The van der Waals surface area contributed by atoms with Crippen molar-refractivity contribution in [1.29, 1.82) is 0 Å². The molecule has 0 spiro atoms. The second kappa shape index (κ2) is 3.71. The van der Waals surface area contributed by atoms with Gasteiger partial charge in [0, 0.05) is 17.5 Å². The van der Waals surface area contributed by atoms with Crippen LogP contribution < -0.4 is 0 Å². The highest BCUT2D eigenvalue weighted by atomic mass is 28.4. The number of aromatic hydroxyl groups is 1. The maximum absolute atomic E-state index is 11.7. The van der Waals surface area contributed by atoms with Crippen LogP contribution in [0.3, 0.4) is 0 Å². The number of rotatable bonds is 2. The lowest BCUT2D eigenvalue weighted by molar-refractivity contribution is 0.0990. The molecule has 86 valence electrons. The third-order valence-corrected chi connectivity index (χ3v) is 4.46. The van der Waals surface area contributed by atoms with Crippen LogP contribution in [0.1, 0.15) is 28.3 Å². The van der Waals surface area contributed by atoms with Crippen molar-refractivity contribution in [3.63, 3.8) is 0 Å². The third kappa shape index (κ3) is 2.03. The summed E-state index contributed by atoms with van der Waals surface area (Å²) in [5.74, 6) is 0.260. The predicted octanol–water partition coefficient (Wildman–Crippen LogP) is 2.26. The summed E-state index contributed by atoms with van der Waals surface area (Å²) < 4.78 is 0. The SMILES string of the molecule is C[Si](C)(O)CC1CC(=O)c2cccc(O)c21. The quantitative estimate of drug-likeness (QED) is 0.774. The molecule has 0 saturated carbocycles. The second-order valence-corrected chi connectivity index (χ2v) is 9.11. The molecular weight excluding hydrogens is 220 g/mol. The number of fused-ring (bicyclic) bond motifs is 1. The molecule has 0 fully saturated rings. The van der Waals surface area contributed by atoms with Crippen molar-refractivity contribution in [3.8, 4) is 5.75 Å². The van der Waals surface area contributed by atoms with Crippen molar-refractivity contribution in [2.24, 2.45) is 0 Å². The highest BCUT2D eigenvalue weighted by Gasteiger charge is 2.35. The van der Waals surface area contributed by atoms with Crippen LogP contribution in [0.15, 0.2) is 18.2 Å². The molecule has 0 amide bonds. The molecule has 1 atom stereocenters. The van der Waals surface area contributed by atoms with Crippen molar-refractivity contribution in [3.05, 3.63) is 29.3 Å². The Bertz CT molecular complexity index is 434. The van der Waals surface area contributed by atoms with Gasteiger partial charge in [-0.2, -0.15) is 0 Å². The minimum Gasteiger partial charge on any atom is -0.508 e. The zero-order chi connectivity index (χ0) is 11.9. The molecule has 2 N–H and O–H groups in total. The molecule has 1 aliphatic carbocycles. The summed E-state index contributed by atoms with van der Waals surface area (Å²) in [6, 6.07) is 5.68. The van der Waals surface area contributed by atoms with Gasteiger partial charge in [0.25, 0.3) is 0 Å². The number of carbonyl (C=O) groups is 1. The van der Waals surface area contributed by atoms with Gasteiger partial charge in [0.1, 0.15) is 5.75 Å². The maximum atomic E-state index is 11.7. The van der Waals surface area contributed by atoms with Gasteiger partial charge in [-0.15, -0.1) is 0 Å². The van der Waals surface area contributed by atoms with Gasteiger partial charge in [-0.1, -0.05) is 12.1 Å². The van der Waals surface area contributed by atoms with Gasteiger partial charge < -0.3 is 9.90 Å². The van der Waals surface area contributed by atoms with E-state index >= 15 is 0 Å². The van der Waals surface area contributed by atoms with Crippen molar-refractivity contribution < 1.29 is 14.7 Å². The third-order valence-electron chi connectivity index (χ3n) is 2.97. The van der Waals surface area contributed by atoms with Gasteiger partial charge in [-0.25, -0.2) is 0 Å². The maximum Gasteiger partial charge on any atom is 0.183 e. The molecule has 0 bridgehead atoms. The number of benzene rings is 1. The normalized spacial score (nSPS) is 19.9. The Labute approximate surface area is 95.9 Å². The number of hydrogen-bond acceptors (Lipinski definition) is 3. The summed E-state index contributed by atoms with van der Waals surface area (Å²) in [5, 5.41) is 9.80. The fourth-order valence-corrected chi connectivity index (χ4v) is 3.99. The summed E-state index contributed by atoms with van der Waals surface area (Å²) in [5.41, 5.74) is 1.37. The van der Waals surface area contributed by atoms with E-state index < -0.39 is 8.32 Å². The van der Waals surface area contributed by atoms with Crippen LogP contribution in [0.25, 0.3) is 0 Å². The molecule has 4 heteroatoms. The highest BCUT2D eigenvalue weighted by molar-refractivity contribution is 6.70. The standard InChI is InChI=1S/C12H16O3Si/c1-16(2,15)7-8-6-11(14)9-4-3-5-10(13)12(8)9/h3-5,8,13,15H,6-7H2,1-2H3. The molecule has 0 aromatic heterocycles. The Balaban J connectivity index is 2.39. The zero-order valence-corrected chi connectivity index (χ0v) is 10.5. The molecule has 16 heavy (non-hydrogen) atoms. The smallest absolute Gasteiger partial charge is 0.183 e. The van der Waals surface area contributed by atoms with Crippen molar-refractivity contribution >= 4 is 14.1 Å². The zero-order valence-electron chi connectivity index (χ0n) is 9.53. The van der Waals surface area contributed by atoms with E-state index in [1.165, 1.54) is 0 Å². The molecule has 1 aromatic carbocycles. The Morgan fingerprint density at radius 1 is 1.44 bits per heavy atom. The molecule has 0 saturated heterocycles. The van der Waals surface area contributed by atoms with Gasteiger partial charge in [0.15, 0.2) is 14.1 Å². The summed E-state index contributed by atoms with van der Waals surface area (Å²) in [6.45, 7) is 3.71. The van der Waals surface area contributed by atoms with Gasteiger partial charge in [0.05, 0.1) is 0 Å². The van der Waals surface area contributed by atoms with E-state index in [9.17, 15) is 14.7 Å². The molecule has 3 nitrogen and oxygen atoms in total. The minimum atomic E-state index is -2.21. The molecule has 1 aromatic rings. The molecule has 0 aliphatic heterocycles. The molecule has 1 aliphatic rings. The molecule has 0 radical (unpaired) electrons. The Morgan fingerprint density at radius 3 is 2.75 bits per heavy atom. The van der Waals surface area contributed by atoms with Crippen LogP contribution in [0.4, 0.5) is 0 Å². The van der Waals surface area contributed by atoms with Crippen molar-refractivity contribution in [1.82, 2.24) is 0 Å². The van der Waals surface area contributed by atoms with E-state index in [4.69, 9.17) is 0 Å². The Hall–Kier alpha value is -1.13. The number of carbonyl (C=O) groups excluding carboxylic acids is 1. The number of Topliss-reactive ketones (excluding diaryl/α,β-unsaturated/α-hetero) is 1. The predicted molar refractivity (Wildman–Crippen MR) is 64.3 cm³/mol. The lowest BCUT2D eigenvalue weighted by Crippen LogP contribution is -2.27. The van der Waals surface area contributed by atoms with E-state index in [1.54, 1.807) is 18.2 Å². The van der Waals surface area contributed by atoms with Crippen LogP contribution in [0.2, 0.25) is 19.1 Å². The first-order valence-corrected chi connectivity index (χ1v) is 8.61. The highest BCUT2D eigenvalue weighted by Crippen LogP contribution is 2.42. The Kier molecular flexibility index (Phi) is 2.63. The Morgan fingerprint density at radius 2 is 2.12 bits per heavy atom. The van der Waals surface area contributed by atoms with E-state index in [2.05, 4.69) is 0 Å².